The number of methoxy groups -OCH3 is 1. The Balaban J connectivity index is 1.57. The third-order valence-corrected chi connectivity index (χ3v) is 3.97. The van der Waals surface area contributed by atoms with E-state index in [9.17, 15) is 4.79 Å². The average molecular weight is 340 g/mol. The average Bonchev–Trinajstić information content (AvgIpc) is 3.14. The third-order valence-electron chi connectivity index (χ3n) is 3.32. The van der Waals surface area contributed by atoms with Gasteiger partial charge in [-0.3, -0.25) is 4.79 Å². The van der Waals surface area contributed by atoms with Crippen LogP contribution in [-0.2, 0) is 6.54 Å². The maximum atomic E-state index is 12.2. The van der Waals surface area contributed by atoms with Gasteiger partial charge in [0.2, 0.25) is 0 Å². The second-order valence-electron chi connectivity index (χ2n) is 4.96. The van der Waals surface area contributed by atoms with Crippen LogP contribution in [-0.4, -0.2) is 18.0 Å². The third kappa shape index (κ3) is 4.11. The molecule has 122 valence electrons. The highest BCUT2D eigenvalue weighted by atomic mass is 32.1. The largest absolute Gasteiger partial charge is 0.497 e. The van der Waals surface area contributed by atoms with E-state index in [1.807, 2.05) is 29.6 Å². The fourth-order valence-corrected chi connectivity index (χ4v) is 2.59. The molecule has 24 heavy (non-hydrogen) atoms. The number of carbonyl (C=O) groups is 1. The highest BCUT2D eigenvalue weighted by molar-refractivity contribution is 7.11. The number of hydrogen-bond donors (Lipinski definition) is 1. The van der Waals surface area contributed by atoms with Crippen molar-refractivity contribution >= 4 is 17.2 Å². The predicted octanol–water partition coefficient (Wildman–Crippen LogP) is 3.87. The molecule has 0 fully saturated rings. The van der Waals surface area contributed by atoms with Crippen LogP contribution in [0.1, 0.15) is 15.9 Å². The summed E-state index contributed by atoms with van der Waals surface area (Å²) < 4.78 is 10.7. The summed E-state index contributed by atoms with van der Waals surface area (Å²) in [7, 11) is 1.58. The van der Waals surface area contributed by atoms with Crippen molar-refractivity contribution in [1.29, 1.82) is 0 Å². The monoisotopic (exact) mass is 340 g/mol. The van der Waals surface area contributed by atoms with Crippen LogP contribution in [0.3, 0.4) is 0 Å². The topological polar surface area (TPSA) is 60.5 Å². The van der Waals surface area contributed by atoms with Gasteiger partial charge in [-0.25, -0.2) is 4.98 Å². The number of ether oxygens (including phenoxy) is 2. The van der Waals surface area contributed by atoms with Crippen molar-refractivity contribution in [3.8, 4) is 16.7 Å². The highest BCUT2D eigenvalue weighted by Crippen LogP contribution is 2.23. The Bertz CT molecular complexity index is 801. The summed E-state index contributed by atoms with van der Waals surface area (Å²) in [5, 5.41) is 5.35. The zero-order valence-corrected chi connectivity index (χ0v) is 13.9. The number of rotatable bonds is 6. The van der Waals surface area contributed by atoms with Gasteiger partial charge in [0.1, 0.15) is 11.5 Å². The van der Waals surface area contributed by atoms with E-state index in [4.69, 9.17) is 9.47 Å². The molecule has 0 aliphatic carbocycles. The van der Waals surface area contributed by atoms with E-state index in [-0.39, 0.29) is 5.91 Å². The molecule has 0 bridgehead atoms. The molecule has 0 saturated heterocycles. The quantitative estimate of drug-likeness (QED) is 0.740. The minimum Gasteiger partial charge on any atom is -0.497 e. The molecular weight excluding hydrogens is 324 g/mol. The lowest BCUT2D eigenvalue weighted by Crippen LogP contribution is -2.22. The summed E-state index contributed by atoms with van der Waals surface area (Å²) in [6.07, 6.45) is 1.70. The van der Waals surface area contributed by atoms with Gasteiger partial charge in [-0.05, 0) is 35.9 Å². The Hall–Kier alpha value is -2.86. The first kappa shape index (κ1) is 16.0. The van der Waals surface area contributed by atoms with Gasteiger partial charge in [0.25, 0.3) is 11.1 Å². The van der Waals surface area contributed by atoms with E-state index in [2.05, 4.69) is 10.3 Å². The van der Waals surface area contributed by atoms with Crippen LogP contribution in [0.2, 0.25) is 0 Å². The van der Waals surface area contributed by atoms with Crippen molar-refractivity contribution in [2.75, 3.05) is 7.11 Å². The molecule has 0 radical (unpaired) electrons. The molecular formula is C18H16N2O3S. The first-order valence-corrected chi connectivity index (χ1v) is 8.21. The molecule has 0 aliphatic rings. The predicted molar refractivity (Wildman–Crippen MR) is 92.8 cm³/mol. The second-order valence-corrected chi connectivity index (χ2v) is 5.82. The van der Waals surface area contributed by atoms with Gasteiger partial charge in [-0.1, -0.05) is 29.5 Å². The smallest absolute Gasteiger partial charge is 0.278 e. The summed E-state index contributed by atoms with van der Waals surface area (Å²) in [4.78, 5) is 16.2. The van der Waals surface area contributed by atoms with Crippen LogP contribution < -0.4 is 14.8 Å². The van der Waals surface area contributed by atoms with Crippen molar-refractivity contribution < 1.29 is 14.3 Å². The zero-order chi connectivity index (χ0) is 16.8. The number of nitrogens with one attached hydrogen (secondary N) is 1. The summed E-state index contributed by atoms with van der Waals surface area (Å²) in [5.41, 5.74) is 1.55. The number of amides is 1. The van der Waals surface area contributed by atoms with Gasteiger partial charge in [-0.15, -0.1) is 0 Å². The Morgan fingerprint density at radius 3 is 2.71 bits per heavy atom. The van der Waals surface area contributed by atoms with Gasteiger partial charge in [0.15, 0.2) is 0 Å². The van der Waals surface area contributed by atoms with Gasteiger partial charge in [-0.2, -0.15) is 0 Å². The molecule has 0 spiro atoms. The number of thiazole rings is 1. The maximum absolute atomic E-state index is 12.2. The Morgan fingerprint density at radius 1 is 1.17 bits per heavy atom. The molecule has 2 aromatic carbocycles. The van der Waals surface area contributed by atoms with Crippen LogP contribution in [0, 0.1) is 0 Å². The SMILES string of the molecule is COc1cccc(C(=O)NCc2ccc(Oc3nccs3)cc2)c1. The van der Waals surface area contributed by atoms with Crippen molar-refractivity contribution in [3.05, 3.63) is 71.2 Å². The molecule has 0 unspecified atom stereocenters. The van der Waals surface area contributed by atoms with Crippen LogP contribution >= 0.6 is 11.3 Å². The van der Waals surface area contributed by atoms with Gasteiger partial charge >= 0.3 is 0 Å². The molecule has 6 heteroatoms. The minimum absolute atomic E-state index is 0.142. The number of aromatic nitrogens is 1. The van der Waals surface area contributed by atoms with E-state index in [0.29, 0.717) is 28.8 Å². The number of benzene rings is 2. The summed E-state index contributed by atoms with van der Waals surface area (Å²) in [6.45, 7) is 0.438. The van der Waals surface area contributed by atoms with E-state index < -0.39 is 0 Å². The molecule has 5 nitrogen and oxygen atoms in total. The summed E-state index contributed by atoms with van der Waals surface area (Å²) in [6, 6.07) is 14.6. The minimum atomic E-state index is -0.142. The number of carbonyl (C=O) groups excluding carboxylic acids is 1. The van der Waals surface area contributed by atoms with Crippen LogP contribution in [0.25, 0.3) is 0 Å². The highest BCUT2D eigenvalue weighted by Gasteiger charge is 2.06. The number of nitrogens with zero attached hydrogens (tertiary/aromatic N) is 1. The lowest BCUT2D eigenvalue weighted by Gasteiger charge is -2.08. The van der Waals surface area contributed by atoms with Crippen LogP contribution in [0.15, 0.2) is 60.1 Å². The van der Waals surface area contributed by atoms with E-state index in [0.717, 1.165) is 5.56 Å². The molecule has 3 rings (SSSR count). The van der Waals surface area contributed by atoms with Gasteiger partial charge < -0.3 is 14.8 Å². The second kappa shape index (κ2) is 7.61. The lowest BCUT2D eigenvalue weighted by molar-refractivity contribution is 0.0950. The standard InChI is InChI=1S/C18H16N2O3S/c1-22-16-4-2-3-14(11-16)17(21)20-12-13-5-7-15(8-6-13)23-18-19-9-10-24-18/h2-11H,12H2,1H3,(H,20,21). The van der Waals surface area contributed by atoms with Crippen LogP contribution in [0.4, 0.5) is 0 Å². The van der Waals surface area contributed by atoms with Crippen molar-refractivity contribution in [3.63, 3.8) is 0 Å². The van der Waals surface area contributed by atoms with Gasteiger partial charge in [0.05, 0.1) is 7.11 Å². The molecule has 0 atom stereocenters. The molecule has 0 aliphatic heterocycles. The van der Waals surface area contributed by atoms with Crippen molar-refractivity contribution in [2.45, 2.75) is 6.54 Å². The lowest BCUT2D eigenvalue weighted by atomic mass is 10.2. The molecule has 3 aromatic rings. The number of hydrogen-bond acceptors (Lipinski definition) is 5. The first-order chi connectivity index (χ1) is 11.7. The molecule has 0 saturated carbocycles. The molecule has 1 N–H and O–H groups in total. The van der Waals surface area contributed by atoms with E-state index in [1.165, 1.54) is 11.3 Å². The maximum Gasteiger partial charge on any atom is 0.278 e. The van der Waals surface area contributed by atoms with Crippen molar-refractivity contribution in [2.24, 2.45) is 0 Å². The molecule has 1 heterocycles. The Morgan fingerprint density at radius 2 is 2.00 bits per heavy atom. The fraction of sp³-hybridized carbons (Fsp3) is 0.111. The Labute approximate surface area is 143 Å². The normalized spacial score (nSPS) is 10.2. The van der Waals surface area contributed by atoms with Crippen LogP contribution in [0.5, 0.6) is 16.7 Å². The van der Waals surface area contributed by atoms with E-state index in [1.54, 1.807) is 37.6 Å². The van der Waals surface area contributed by atoms with Crippen molar-refractivity contribution in [1.82, 2.24) is 10.3 Å². The summed E-state index contributed by atoms with van der Waals surface area (Å²) >= 11 is 1.44. The molecule has 1 aromatic heterocycles. The zero-order valence-electron chi connectivity index (χ0n) is 13.1. The van der Waals surface area contributed by atoms with E-state index >= 15 is 0 Å². The Kier molecular flexibility index (Phi) is 5.08. The summed E-state index contributed by atoms with van der Waals surface area (Å²) in [5.74, 6) is 1.23. The molecule has 1 amide bonds. The first-order valence-electron chi connectivity index (χ1n) is 7.33. The fourth-order valence-electron chi connectivity index (χ4n) is 2.09. The van der Waals surface area contributed by atoms with Gasteiger partial charge in [0, 0.05) is 23.7 Å².